The molecule has 6 nitrogen and oxygen atoms in total. The Morgan fingerprint density at radius 3 is 2.23 bits per heavy atom. The highest BCUT2D eigenvalue weighted by Crippen LogP contribution is 2.34. The van der Waals surface area contributed by atoms with Gasteiger partial charge in [-0.1, -0.05) is 66.5 Å². The van der Waals surface area contributed by atoms with Crippen LogP contribution in [-0.4, -0.2) is 23.0 Å². The van der Waals surface area contributed by atoms with Crippen LogP contribution in [-0.2, 0) is 4.74 Å². The Balaban J connectivity index is 1.29. The highest BCUT2D eigenvalue weighted by molar-refractivity contribution is 6.36. The van der Waals surface area contributed by atoms with E-state index in [0.29, 0.717) is 32.8 Å². The third-order valence-corrected chi connectivity index (χ3v) is 7.27. The van der Waals surface area contributed by atoms with E-state index in [1.165, 1.54) is 12.7 Å². The van der Waals surface area contributed by atoms with Gasteiger partial charge in [0.2, 0.25) is 0 Å². The largest absolute Gasteiger partial charge is 0.465 e. The number of imidazole rings is 1. The fourth-order valence-electron chi connectivity index (χ4n) is 4.60. The molecular formula is C32H27Cl2N3O3. The predicted octanol–water partition coefficient (Wildman–Crippen LogP) is 8.75. The van der Waals surface area contributed by atoms with E-state index in [-0.39, 0.29) is 5.92 Å². The molecule has 0 aliphatic rings. The topological polar surface area (TPSA) is 90.2 Å². The van der Waals surface area contributed by atoms with Gasteiger partial charge in [0.1, 0.15) is 17.3 Å². The predicted molar refractivity (Wildman–Crippen MR) is 160 cm³/mol. The Kier molecular flexibility index (Phi) is 8.10. The van der Waals surface area contributed by atoms with E-state index in [0.717, 1.165) is 34.6 Å². The molecule has 3 N–H and O–H groups in total. The lowest BCUT2D eigenvalue weighted by molar-refractivity contribution is 0.0602. The molecule has 8 heteroatoms. The average Bonchev–Trinajstić information content (AvgIpc) is 3.43. The molecule has 0 saturated heterocycles. The van der Waals surface area contributed by atoms with Crippen LogP contribution in [0.15, 0.2) is 91.1 Å². The maximum atomic E-state index is 11.7. The van der Waals surface area contributed by atoms with Gasteiger partial charge in [0, 0.05) is 28.3 Å². The summed E-state index contributed by atoms with van der Waals surface area (Å²) in [5.74, 6) is 1.71. The molecule has 0 spiro atoms. The minimum Gasteiger partial charge on any atom is -0.465 e. The molecule has 4 aromatic carbocycles. The van der Waals surface area contributed by atoms with Gasteiger partial charge in [-0.15, -0.1) is 0 Å². The van der Waals surface area contributed by atoms with Gasteiger partial charge in [-0.25, -0.2) is 9.78 Å². The number of aromatic amines is 1. The maximum Gasteiger partial charge on any atom is 0.339 e. The number of methoxy groups -OCH3 is 1. The third-order valence-electron chi connectivity index (χ3n) is 6.72. The van der Waals surface area contributed by atoms with Crippen molar-refractivity contribution in [1.82, 2.24) is 9.97 Å². The van der Waals surface area contributed by atoms with E-state index in [2.05, 4.69) is 41.2 Å². The summed E-state index contributed by atoms with van der Waals surface area (Å²) in [6.07, 6.45) is 2.70. The summed E-state index contributed by atoms with van der Waals surface area (Å²) in [7, 11) is 1.32. The number of carbonyl (C=O) groups excluding carboxylic acids is 1. The maximum absolute atomic E-state index is 11.7. The number of H-pyrrole nitrogens is 1. The van der Waals surface area contributed by atoms with Crippen LogP contribution < -0.4 is 10.5 Å². The van der Waals surface area contributed by atoms with Crippen LogP contribution in [0.4, 0.5) is 5.69 Å². The lowest BCUT2D eigenvalue weighted by Crippen LogP contribution is -2.05. The van der Waals surface area contributed by atoms with Gasteiger partial charge < -0.3 is 20.2 Å². The van der Waals surface area contributed by atoms with Crippen LogP contribution >= 0.6 is 23.2 Å². The van der Waals surface area contributed by atoms with Crippen molar-refractivity contribution < 1.29 is 14.3 Å². The van der Waals surface area contributed by atoms with Crippen molar-refractivity contribution in [2.75, 3.05) is 12.8 Å². The quantitative estimate of drug-likeness (QED) is 0.143. The number of benzene rings is 4. The van der Waals surface area contributed by atoms with Gasteiger partial charge >= 0.3 is 5.97 Å². The lowest BCUT2D eigenvalue weighted by Gasteiger charge is -2.14. The SMILES string of the molecule is CCC(c1ccc(-c2ccc(Oc3ccc(C(=O)OC)c(N)c3)cc2)cc1)c1ncc(-c2ccc(Cl)cc2Cl)[nH]1. The number of hydrogen-bond donors (Lipinski definition) is 2. The zero-order chi connectivity index (χ0) is 28.2. The Labute approximate surface area is 242 Å². The monoisotopic (exact) mass is 571 g/mol. The van der Waals surface area contributed by atoms with Gasteiger partial charge in [0.25, 0.3) is 0 Å². The molecule has 202 valence electrons. The first kappa shape index (κ1) is 27.3. The van der Waals surface area contributed by atoms with Gasteiger partial charge in [-0.2, -0.15) is 0 Å². The first-order valence-electron chi connectivity index (χ1n) is 12.7. The minimum atomic E-state index is -0.485. The summed E-state index contributed by atoms with van der Waals surface area (Å²) in [5.41, 5.74) is 11.6. The van der Waals surface area contributed by atoms with Crippen molar-refractivity contribution in [3.05, 3.63) is 118 Å². The molecule has 0 aliphatic heterocycles. The van der Waals surface area contributed by atoms with Crippen LogP contribution in [0.2, 0.25) is 10.0 Å². The van der Waals surface area contributed by atoms with Crippen LogP contribution in [0.1, 0.15) is 41.0 Å². The molecule has 0 fully saturated rings. The summed E-state index contributed by atoms with van der Waals surface area (Å²) in [4.78, 5) is 19.8. The van der Waals surface area contributed by atoms with Gasteiger partial charge in [-0.3, -0.25) is 0 Å². The molecule has 1 heterocycles. The van der Waals surface area contributed by atoms with E-state index >= 15 is 0 Å². The second-order valence-corrected chi connectivity index (χ2v) is 10.1. The molecule has 1 aromatic heterocycles. The zero-order valence-electron chi connectivity index (χ0n) is 21.9. The smallest absolute Gasteiger partial charge is 0.339 e. The molecule has 0 aliphatic carbocycles. The number of rotatable bonds is 8. The summed E-state index contributed by atoms with van der Waals surface area (Å²) in [5, 5.41) is 1.18. The van der Waals surface area contributed by atoms with E-state index in [1.54, 1.807) is 24.3 Å². The second kappa shape index (κ2) is 11.9. The third kappa shape index (κ3) is 5.83. The first-order valence-corrected chi connectivity index (χ1v) is 13.5. The Hall–Kier alpha value is -4.26. The highest BCUT2D eigenvalue weighted by atomic mass is 35.5. The molecule has 0 amide bonds. The normalized spacial score (nSPS) is 11.7. The number of carbonyl (C=O) groups is 1. The molecule has 40 heavy (non-hydrogen) atoms. The molecular weight excluding hydrogens is 545 g/mol. The van der Waals surface area contributed by atoms with E-state index < -0.39 is 5.97 Å². The van der Waals surface area contributed by atoms with Gasteiger partial charge in [-0.05, 0) is 65.6 Å². The standard InChI is InChI=1S/C32H27Cl2N3O3/c1-3-25(31-36-18-30(37-31)26-14-10-22(33)16-28(26)34)21-6-4-19(5-7-21)20-8-11-23(12-9-20)40-24-13-15-27(29(35)17-24)32(38)39-2/h4-18,25H,3,35H2,1-2H3,(H,36,37). The van der Waals surface area contributed by atoms with Crippen molar-refractivity contribution in [3.63, 3.8) is 0 Å². The molecule has 1 unspecified atom stereocenters. The summed E-state index contributed by atoms with van der Waals surface area (Å²) >= 11 is 12.4. The fourth-order valence-corrected chi connectivity index (χ4v) is 5.12. The van der Waals surface area contributed by atoms with Gasteiger partial charge in [0.15, 0.2) is 0 Å². The Morgan fingerprint density at radius 1 is 0.925 bits per heavy atom. The van der Waals surface area contributed by atoms with Crippen LogP contribution in [0, 0.1) is 0 Å². The molecule has 0 radical (unpaired) electrons. The molecule has 5 aromatic rings. The van der Waals surface area contributed by atoms with E-state index in [4.69, 9.17) is 38.4 Å². The number of nitrogen functional groups attached to an aromatic ring is 1. The van der Waals surface area contributed by atoms with Crippen molar-refractivity contribution in [1.29, 1.82) is 0 Å². The zero-order valence-corrected chi connectivity index (χ0v) is 23.5. The number of hydrogen-bond acceptors (Lipinski definition) is 5. The molecule has 1 atom stereocenters. The van der Waals surface area contributed by atoms with Gasteiger partial charge in [0.05, 0.1) is 29.6 Å². The first-order chi connectivity index (χ1) is 19.4. The number of nitrogens with one attached hydrogen (secondary N) is 1. The number of anilines is 1. The minimum absolute atomic E-state index is 0.114. The Morgan fingerprint density at radius 2 is 1.60 bits per heavy atom. The van der Waals surface area contributed by atoms with Crippen molar-refractivity contribution in [3.8, 4) is 33.9 Å². The summed E-state index contributed by atoms with van der Waals surface area (Å²) in [6, 6.07) is 26.6. The number of esters is 1. The summed E-state index contributed by atoms with van der Waals surface area (Å²) < 4.78 is 10.7. The number of nitrogens with two attached hydrogens (primary N) is 1. The molecule has 0 saturated carbocycles. The lowest BCUT2D eigenvalue weighted by atomic mass is 9.93. The van der Waals surface area contributed by atoms with E-state index in [9.17, 15) is 4.79 Å². The fraction of sp³-hybridized carbons (Fsp3) is 0.125. The number of ether oxygens (including phenoxy) is 2. The van der Waals surface area contributed by atoms with E-state index in [1.807, 2.05) is 42.6 Å². The van der Waals surface area contributed by atoms with Crippen LogP contribution in [0.3, 0.4) is 0 Å². The van der Waals surface area contributed by atoms with Crippen molar-refractivity contribution in [2.45, 2.75) is 19.3 Å². The number of aromatic nitrogens is 2. The van der Waals surface area contributed by atoms with Crippen LogP contribution in [0.25, 0.3) is 22.4 Å². The molecule has 0 bridgehead atoms. The van der Waals surface area contributed by atoms with Crippen LogP contribution in [0.5, 0.6) is 11.5 Å². The number of halogens is 2. The second-order valence-electron chi connectivity index (χ2n) is 9.26. The average molecular weight is 572 g/mol. The highest BCUT2D eigenvalue weighted by Gasteiger charge is 2.17. The molecule has 5 rings (SSSR count). The number of nitrogens with zero attached hydrogens (tertiary/aromatic N) is 1. The van der Waals surface area contributed by atoms with Crippen molar-refractivity contribution >= 4 is 34.9 Å². The Bertz CT molecular complexity index is 1650. The summed E-state index contributed by atoms with van der Waals surface area (Å²) in [6.45, 7) is 2.14. The van der Waals surface area contributed by atoms with Crippen molar-refractivity contribution in [2.24, 2.45) is 0 Å².